The van der Waals surface area contributed by atoms with E-state index in [2.05, 4.69) is 17.2 Å². The SMILES string of the molecule is CC1(CNc2ccc([N+](=O)[O-])c(C#N)n2)CCCCC1. The average Bonchev–Trinajstić information content (AvgIpc) is 2.45. The maximum atomic E-state index is 10.7. The lowest BCUT2D eigenvalue weighted by atomic mass is 9.76. The molecule has 0 aliphatic heterocycles. The van der Waals surface area contributed by atoms with Crippen LogP contribution in [0.3, 0.4) is 0 Å². The number of hydrogen-bond acceptors (Lipinski definition) is 5. The molecule has 0 saturated heterocycles. The quantitative estimate of drug-likeness (QED) is 0.672. The minimum Gasteiger partial charge on any atom is -0.369 e. The first-order chi connectivity index (χ1) is 9.54. The largest absolute Gasteiger partial charge is 0.369 e. The Hall–Kier alpha value is -2.16. The third-order valence-corrected chi connectivity index (χ3v) is 3.93. The Bertz CT molecular complexity index is 545. The molecule has 0 spiro atoms. The minimum atomic E-state index is -0.586. The zero-order chi connectivity index (χ0) is 14.6. The zero-order valence-corrected chi connectivity index (χ0v) is 11.6. The minimum absolute atomic E-state index is 0.145. The molecule has 0 bridgehead atoms. The number of rotatable bonds is 4. The van der Waals surface area contributed by atoms with Crippen LogP contribution in [-0.2, 0) is 0 Å². The summed E-state index contributed by atoms with van der Waals surface area (Å²) < 4.78 is 0. The fourth-order valence-electron chi connectivity index (χ4n) is 2.67. The van der Waals surface area contributed by atoms with Crippen molar-refractivity contribution in [1.29, 1.82) is 5.26 Å². The number of nitro groups is 1. The van der Waals surface area contributed by atoms with E-state index in [4.69, 9.17) is 5.26 Å². The van der Waals surface area contributed by atoms with Crippen molar-refractivity contribution in [2.45, 2.75) is 39.0 Å². The first kappa shape index (κ1) is 14.3. The molecular weight excluding hydrogens is 256 g/mol. The fourth-order valence-corrected chi connectivity index (χ4v) is 2.67. The van der Waals surface area contributed by atoms with Crippen LogP contribution >= 0.6 is 0 Å². The number of pyridine rings is 1. The molecule has 0 atom stereocenters. The molecule has 0 unspecified atom stereocenters. The molecule has 2 rings (SSSR count). The van der Waals surface area contributed by atoms with Gasteiger partial charge < -0.3 is 5.32 Å². The zero-order valence-electron chi connectivity index (χ0n) is 11.6. The second-order valence-corrected chi connectivity index (χ2v) is 5.66. The van der Waals surface area contributed by atoms with Crippen LogP contribution in [0.1, 0.15) is 44.7 Å². The number of nitrogens with one attached hydrogen (secondary N) is 1. The Labute approximate surface area is 118 Å². The second-order valence-electron chi connectivity index (χ2n) is 5.66. The van der Waals surface area contributed by atoms with E-state index in [0.717, 1.165) is 6.54 Å². The third-order valence-electron chi connectivity index (χ3n) is 3.93. The summed E-state index contributed by atoms with van der Waals surface area (Å²) in [5.41, 5.74) is -0.148. The van der Waals surface area contributed by atoms with Crippen LogP contribution in [0.5, 0.6) is 0 Å². The van der Waals surface area contributed by atoms with Gasteiger partial charge in [-0.25, -0.2) is 4.98 Å². The predicted molar refractivity (Wildman–Crippen MR) is 75.3 cm³/mol. The Balaban J connectivity index is 2.07. The molecular formula is C14H18N4O2. The van der Waals surface area contributed by atoms with Gasteiger partial charge in [0.1, 0.15) is 11.9 Å². The van der Waals surface area contributed by atoms with E-state index < -0.39 is 4.92 Å². The van der Waals surface area contributed by atoms with Gasteiger partial charge in [0.15, 0.2) is 0 Å². The Kier molecular flexibility index (Phi) is 4.18. The van der Waals surface area contributed by atoms with Crippen LogP contribution in [0.15, 0.2) is 12.1 Å². The fraction of sp³-hybridized carbons (Fsp3) is 0.571. The third kappa shape index (κ3) is 3.23. The van der Waals surface area contributed by atoms with E-state index in [1.165, 1.54) is 38.2 Å². The maximum Gasteiger partial charge on any atom is 0.305 e. The van der Waals surface area contributed by atoms with Crippen LogP contribution in [0.2, 0.25) is 0 Å². The molecule has 1 N–H and O–H groups in total. The van der Waals surface area contributed by atoms with E-state index in [-0.39, 0.29) is 16.8 Å². The molecule has 20 heavy (non-hydrogen) atoms. The van der Waals surface area contributed by atoms with Crippen LogP contribution in [0.25, 0.3) is 0 Å². The highest BCUT2D eigenvalue weighted by molar-refractivity contribution is 5.50. The van der Waals surface area contributed by atoms with Crippen molar-refractivity contribution in [1.82, 2.24) is 4.98 Å². The van der Waals surface area contributed by atoms with Crippen molar-refractivity contribution in [3.63, 3.8) is 0 Å². The molecule has 1 aliphatic carbocycles. The summed E-state index contributed by atoms with van der Waals surface area (Å²) in [7, 11) is 0. The van der Waals surface area contributed by atoms with Gasteiger partial charge in [-0.2, -0.15) is 5.26 Å². The number of nitrogens with zero attached hydrogens (tertiary/aromatic N) is 3. The number of hydrogen-bond donors (Lipinski definition) is 1. The molecule has 6 nitrogen and oxygen atoms in total. The molecule has 106 valence electrons. The first-order valence-corrected chi connectivity index (χ1v) is 6.83. The highest BCUT2D eigenvalue weighted by atomic mass is 16.6. The summed E-state index contributed by atoms with van der Waals surface area (Å²) in [4.78, 5) is 14.2. The van der Waals surface area contributed by atoms with Gasteiger partial charge in [0.2, 0.25) is 5.69 Å². The number of nitriles is 1. The maximum absolute atomic E-state index is 10.7. The van der Waals surface area contributed by atoms with Gasteiger partial charge in [0, 0.05) is 12.6 Å². The van der Waals surface area contributed by atoms with Gasteiger partial charge in [-0.1, -0.05) is 26.2 Å². The molecule has 1 saturated carbocycles. The van der Waals surface area contributed by atoms with E-state index in [1.807, 2.05) is 0 Å². The molecule has 0 amide bonds. The number of anilines is 1. The van der Waals surface area contributed by atoms with Crippen molar-refractivity contribution >= 4 is 11.5 Å². The van der Waals surface area contributed by atoms with E-state index in [1.54, 1.807) is 12.1 Å². The molecule has 1 heterocycles. The normalized spacial score (nSPS) is 17.2. The van der Waals surface area contributed by atoms with Gasteiger partial charge >= 0.3 is 5.69 Å². The summed E-state index contributed by atoms with van der Waals surface area (Å²) in [5, 5.41) is 22.9. The predicted octanol–water partition coefficient (Wildman–Crippen LogP) is 3.24. The summed E-state index contributed by atoms with van der Waals surface area (Å²) in [5.74, 6) is 0.527. The van der Waals surface area contributed by atoms with E-state index >= 15 is 0 Å². The topological polar surface area (TPSA) is 91.9 Å². The van der Waals surface area contributed by atoms with Gasteiger partial charge in [-0.15, -0.1) is 0 Å². The molecule has 0 aromatic carbocycles. The lowest BCUT2D eigenvalue weighted by Crippen LogP contribution is -2.29. The Morgan fingerprint density at radius 2 is 2.15 bits per heavy atom. The van der Waals surface area contributed by atoms with Crippen LogP contribution in [0, 0.1) is 26.9 Å². The molecule has 1 aromatic heterocycles. The Morgan fingerprint density at radius 1 is 1.45 bits per heavy atom. The summed E-state index contributed by atoms with van der Waals surface area (Å²) in [6, 6.07) is 4.66. The van der Waals surface area contributed by atoms with Crippen molar-refractivity contribution < 1.29 is 4.92 Å². The lowest BCUT2D eigenvalue weighted by Gasteiger charge is -2.33. The average molecular weight is 274 g/mol. The monoisotopic (exact) mass is 274 g/mol. The van der Waals surface area contributed by atoms with Crippen LogP contribution < -0.4 is 5.32 Å². The number of aromatic nitrogens is 1. The summed E-state index contributed by atoms with van der Waals surface area (Å²) in [6.45, 7) is 3.03. The molecule has 1 fully saturated rings. The van der Waals surface area contributed by atoms with Crippen molar-refractivity contribution in [3.8, 4) is 6.07 Å². The van der Waals surface area contributed by atoms with Gasteiger partial charge in [-0.3, -0.25) is 10.1 Å². The van der Waals surface area contributed by atoms with Crippen LogP contribution in [-0.4, -0.2) is 16.5 Å². The van der Waals surface area contributed by atoms with Crippen molar-refractivity contribution in [2.24, 2.45) is 5.41 Å². The standard InChI is InChI=1S/C14H18N4O2/c1-14(7-3-2-4-8-14)10-16-13-6-5-12(18(19)20)11(9-15)17-13/h5-6H,2-4,7-8,10H2,1H3,(H,16,17). The molecule has 6 heteroatoms. The van der Waals surface area contributed by atoms with E-state index in [9.17, 15) is 10.1 Å². The summed E-state index contributed by atoms with van der Waals surface area (Å²) in [6.07, 6.45) is 6.14. The highest BCUT2D eigenvalue weighted by Gasteiger charge is 2.26. The molecule has 0 radical (unpaired) electrons. The first-order valence-electron chi connectivity index (χ1n) is 6.83. The van der Waals surface area contributed by atoms with Gasteiger partial charge in [0.25, 0.3) is 0 Å². The smallest absolute Gasteiger partial charge is 0.305 e. The summed E-state index contributed by atoms with van der Waals surface area (Å²) >= 11 is 0. The van der Waals surface area contributed by atoms with Gasteiger partial charge in [-0.05, 0) is 24.3 Å². The second kappa shape index (κ2) is 5.87. The lowest BCUT2D eigenvalue weighted by molar-refractivity contribution is -0.385. The van der Waals surface area contributed by atoms with Crippen molar-refractivity contribution in [2.75, 3.05) is 11.9 Å². The van der Waals surface area contributed by atoms with Crippen molar-refractivity contribution in [3.05, 3.63) is 27.9 Å². The van der Waals surface area contributed by atoms with Gasteiger partial charge in [0.05, 0.1) is 4.92 Å². The Morgan fingerprint density at radius 3 is 2.75 bits per heavy atom. The highest BCUT2D eigenvalue weighted by Crippen LogP contribution is 2.35. The van der Waals surface area contributed by atoms with Crippen LogP contribution in [0.4, 0.5) is 11.5 Å². The van der Waals surface area contributed by atoms with E-state index in [0.29, 0.717) is 5.82 Å². The molecule has 1 aromatic rings. The molecule has 1 aliphatic rings.